The highest BCUT2D eigenvalue weighted by Crippen LogP contribution is 2.32. The Kier molecular flexibility index (Phi) is 6.43. The molecule has 128 valence electrons. The SMILES string of the molecule is CCOC(=O)/C=C1\SCC(=O)N1C(CC)C(=O)Nc1ccccc1. The Morgan fingerprint density at radius 3 is 2.67 bits per heavy atom. The molecule has 0 aromatic heterocycles. The predicted octanol–water partition coefficient (Wildman–Crippen LogP) is 2.38. The van der Waals surface area contributed by atoms with E-state index in [4.69, 9.17) is 4.74 Å². The molecule has 1 aromatic carbocycles. The summed E-state index contributed by atoms with van der Waals surface area (Å²) in [6.07, 6.45) is 1.71. The van der Waals surface area contributed by atoms with Crippen LogP contribution in [0.2, 0.25) is 0 Å². The van der Waals surface area contributed by atoms with Gasteiger partial charge in [-0.05, 0) is 25.5 Å². The molecular formula is C17H20N2O4S. The summed E-state index contributed by atoms with van der Waals surface area (Å²) in [4.78, 5) is 37.9. The van der Waals surface area contributed by atoms with E-state index in [0.717, 1.165) is 0 Å². The molecule has 0 spiro atoms. The molecule has 1 saturated heterocycles. The average Bonchev–Trinajstić information content (AvgIpc) is 2.90. The third-order valence-electron chi connectivity index (χ3n) is 3.42. The molecule has 1 atom stereocenters. The Morgan fingerprint density at radius 1 is 1.33 bits per heavy atom. The van der Waals surface area contributed by atoms with Gasteiger partial charge in [-0.25, -0.2) is 4.79 Å². The summed E-state index contributed by atoms with van der Waals surface area (Å²) in [5.74, 6) is -0.779. The molecular weight excluding hydrogens is 328 g/mol. The molecule has 1 N–H and O–H groups in total. The molecule has 1 aliphatic rings. The van der Waals surface area contributed by atoms with Crippen LogP contribution < -0.4 is 5.32 Å². The zero-order valence-electron chi connectivity index (χ0n) is 13.7. The molecule has 7 heteroatoms. The van der Waals surface area contributed by atoms with E-state index in [1.165, 1.54) is 22.7 Å². The van der Waals surface area contributed by atoms with Crippen molar-refractivity contribution in [3.05, 3.63) is 41.4 Å². The van der Waals surface area contributed by atoms with Crippen LogP contribution in [0.3, 0.4) is 0 Å². The first-order valence-corrected chi connectivity index (χ1v) is 8.74. The number of hydrogen-bond acceptors (Lipinski definition) is 5. The van der Waals surface area contributed by atoms with Crippen molar-refractivity contribution in [3.63, 3.8) is 0 Å². The van der Waals surface area contributed by atoms with Gasteiger partial charge in [0.15, 0.2) is 0 Å². The van der Waals surface area contributed by atoms with E-state index in [-0.39, 0.29) is 24.2 Å². The number of hydrogen-bond donors (Lipinski definition) is 1. The van der Waals surface area contributed by atoms with Crippen LogP contribution in [0.25, 0.3) is 0 Å². The lowest BCUT2D eigenvalue weighted by Gasteiger charge is -2.26. The lowest BCUT2D eigenvalue weighted by molar-refractivity contribution is -0.137. The summed E-state index contributed by atoms with van der Waals surface area (Å²) in [6, 6.07) is 8.38. The number of carbonyl (C=O) groups excluding carboxylic acids is 3. The Morgan fingerprint density at radius 2 is 2.04 bits per heavy atom. The van der Waals surface area contributed by atoms with Crippen molar-refractivity contribution in [2.24, 2.45) is 0 Å². The first-order valence-electron chi connectivity index (χ1n) is 7.76. The lowest BCUT2D eigenvalue weighted by Crippen LogP contribution is -2.44. The van der Waals surface area contributed by atoms with Crippen molar-refractivity contribution in [3.8, 4) is 0 Å². The highest BCUT2D eigenvalue weighted by atomic mass is 32.2. The second-order valence-corrected chi connectivity index (χ2v) is 6.06. The minimum absolute atomic E-state index is 0.189. The minimum Gasteiger partial charge on any atom is -0.463 e. The second-order valence-electron chi connectivity index (χ2n) is 5.07. The smallest absolute Gasteiger partial charge is 0.333 e. The molecule has 1 unspecified atom stereocenters. The Hall–Kier alpha value is -2.28. The zero-order valence-corrected chi connectivity index (χ0v) is 14.5. The van der Waals surface area contributed by atoms with E-state index in [2.05, 4.69) is 5.32 Å². The standard InChI is InChI=1S/C17H20N2O4S/c1-3-13(17(22)18-12-8-6-5-7-9-12)19-14(20)11-24-15(19)10-16(21)23-4-2/h5-10,13H,3-4,11H2,1-2H3,(H,18,22)/b15-10-. The molecule has 1 heterocycles. The van der Waals surface area contributed by atoms with Gasteiger partial charge in [0.1, 0.15) is 6.04 Å². The molecule has 0 bridgehead atoms. The fraction of sp³-hybridized carbons (Fsp3) is 0.353. The van der Waals surface area contributed by atoms with Gasteiger partial charge in [-0.3, -0.25) is 14.5 Å². The van der Waals surface area contributed by atoms with Gasteiger partial charge in [0, 0.05) is 5.69 Å². The van der Waals surface area contributed by atoms with E-state index in [1.807, 2.05) is 25.1 Å². The van der Waals surface area contributed by atoms with Gasteiger partial charge in [-0.1, -0.05) is 36.9 Å². The Labute approximate surface area is 145 Å². The van der Waals surface area contributed by atoms with Crippen molar-refractivity contribution in [2.45, 2.75) is 26.3 Å². The van der Waals surface area contributed by atoms with Crippen LogP contribution >= 0.6 is 11.8 Å². The molecule has 2 rings (SSSR count). The number of nitrogens with zero attached hydrogens (tertiary/aromatic N) is 1. The molecule has 0 saturated carbocycles. The van der Waals surface area contributed by atoms with Crippen molar-refractivity contribution >= 4 is 35.2 Å². The first kappa shape index (κ1) is 18.1. The molecule has 1 fully saturated rings. The maximum absolute atomic E-state index is 12.6. The molecule has 1 aliphatic heterocycles. The summed E-state index contributed by atoms with van der Waals surface area (Å²) in [7, 11) is 0. The van der Waals surface area contributed by atoms with Crippen molar-refractivity contribution < 1.29 is 19.1 Å². The minimum atomic E-state index is -0.673. The quantitative estimate of drug-likeness (QED) is 0.631. The summed E-state index contributed by atoms with van der Waals surface area (Å²) in [5, 5.41) is 3.26. The number of thioether (sulfide) groups is 1. The monoisotopic (exact) mass is 348 g/mol. The van der Waals surface area contributed by atoms with Gasteiger partial charge >= 0.3 is 5.97 Å². The number of ether oxygens (including phenoxy) is 1. The molecule has 1 aromatic rings. The highest BCUT2D eigenvalue weighted by molar-refractivity contribution is 8.04. The number of para-hydroxylation sites is 1. The number of carbonyl (C=O) groups is 3. The van der Waals surface area contributed by atoms with E-state index >= 15 is 0 Å². The second kappa shape index (κ2) is 8.54. The van der Waals surface area contributed by atoms with Crippen LogP contribution in [0.15, 0.2) is 41.4 Å². The Bertz CT molecular complexity index is 645. The number of amides is 2. The predicted molar refractivity (Wildman–Crippen MR) is 93.2 cm³/mol. The van der Waals surface area contributed by atoms with Crippen molar-refractivity contribution in [2.75, 3.05) is 17.7 Å². The van der Waals surface area contributed by atoms with Crippen LogP contribution in [0, 0.1) is 0 Å². The van der Waals surface area contributed by atoms with Gasteiger partial charge in [-0.15, -0.1) is 0 Å². The molecule has 6 nitrogen and oxygen atoms in total. The molecule has 0 radical (unpaired) electrons. The molecule has 24 heavy (non-hydrogen) atoms. The molecule has 2 amide bonds. The van der Waals surface area contributed by atoms with Crippen LogP contribution in [0.5, 0.6) is 0 Å². The maximum atomic E-state index is 12.6. The lowest BCUT2D eigenvalue weighted by atomic mass is 10.1. The van der Waals surface area contributed by atoms with Gasteiger partial charge in [-0.2, -0.15) is 0 Å². The first-order chi connectivity index (χ1) is 11.6. The highest BCUT2D eigenvalue weighted by Gasteiger charge is 2.36. The van der Waals surface area contributed by atoms with Gasteiger partial charge in [0.05, 0.1) is 23.5 Å². The summed E-state index contributed by atoms with van der Waals surface area (Å²) in [6.45, 7) is 3.80. The summed E-state index contributed by atoms with van der Waals surface area (Å²) < 4.78 is 4.89. The third kappa shape index (κ3) is 4.38. The van der Waals surface area contributed by atoms with E-state index in [9.17, 15) is 14.4 Å². The Balaban J connectivity index is 2.18. The van der Waals surface area contributed by atoms with Crippen molar-refractivity contribution in [1.29, 1.82) is 0 Å². The number of nitrogens with one attached hydrogen (secondary N) is 1. The van der Waals surface area contributed by atoms with Crippen LogP contribution in [0.1, 0.15) is 20.3 Å². The average molecular weight is 348 g/mol. The van der Waals surface area contributed by atoms with Crippen molar-refractivity contribution in [1.82, 2.24) is 4.90 Å². The van der Waals surface area contributed by atoms with E-state index < -0.39 is 12.0 Å². The third-order valence-corrected chi connectivity index (χ3v) is 4.42. The van der Waals surface area contributed by atoms with Crippen LogP contribution in [0.4, 0.5) is 5.69 Å². The van der Waals surface area contributed by atoms with Crippen LogP contribution in [-0.2, 0) is 19.1 Å². The number of anilines is 1. The number of esters is 1. The fourth-order valence-corrected chi connectivity index (χ4v) is 3.31. The van der Waals surface area contributed by atoms with E-state index in [1.54, 1.807) is 19.1 Å². The largest absolute Gasteiger partial charge is 0.463 e. The molecule has 0 aliphatic carbocycles. The maximum Gasteiger partial charge on any atom is 0.333 e. The van der Waals surface area contributed by atoms with Gasteiger partial charge < -0.3 is 10.1 Å². The van der Waals surface area contributed by atoms with Gasteiger partial charge in [0.25, 0.3) is 0 Å². The van der Waals surface area contributed by atoms with E-state index in [0.29, 0.717) is 17.1 Å². The van der Waals surface area contributed by atoms with Crippen LogP contribution in [-0.4, -0.2) is 41.1 Å². The fourth-order valence-electron chi connectivity index (χ4n) is 2.35. The summed E-state index contributed by atoms with van der Waals surface area (Å²) in [5.41, 5.74) is 0.663. The normalized spacial score (nSPS) is 17.0. The summed E-state index contributed by atoms with van der Waals surface area (Å²) >= 11 is 1.24. The zero-order chi connectivity index (χ0) is 17.5. The topological polar surface area (TPSA) is 75.7 Å². The van der Waals surface area contributed by atoms with Gasteiger partial charge in [0.2, 0.25) is 11.8 Å². The number of rotatable bonds is 6. The number of benzene rings is 1.